The minimum absolute atomic E-state index is 0.135. The molecule has 8 heteroatoms. The Morgan fingerprint density at radius 2 is 1.52 bits per heavy atom. The highest BCUT2D eigenvalue weighted by Crippen LogP contribution is 2.38. The molecular formula is C19H19F3O5. The van der Waals surface area contributed by atoms with Crippen LogP contribution in [0.3, 0.4) is 0 Å². The lowest BCUT2D eigenvalue weighted by Crippen LogP contribution is -2.35. The van der Waals surface area contributed by atoms with Gasteiger partial charge in [0.15, 0.2) is 11.5 Å². The molecule has 0 amide bonds. The van der Waals surface area contributed by atoms with Crippen LogP contribution in [0.2, 0.25) is 0 Å². The van der Waals surface area contributed by atoms with Gasteiger partial charge < -0.3 is 18.9 Å². The Bertz CT molecular complexity index is 750. The number of methoxy groups -OCH3 is 3. The molecule has 1 atom stereocenters. The maximum Gasteiger partial charge on any atom is 0.425 e. The number of rotatable bonds is 7. The van der Waals surface area contributed by atoms with Crippen molar-refractivity contribution in [3.63, 3.8) is 0 Å². The van der Waals surface area contributed by atoms with E-state index in [1.54, 1.807) is 18.2 Å². The molecule has 0 saturated carbocycles. The third-order valence-electron chi connectivity index (χ3n) is 3.78. The van der Waals surface area contributed by atoms with Gasteiger partial charge in [-0.1, -0.05) is 30.3 Å². The third kappa shape index (κ3) is 5.06. The summed E-state index contributed by atoms with van der Waals surface area (Å²) < 4.78 is 60.1. The summed E-state index contributed by atoms with van der Waals surface area (Å²) in [6, 6.07) is 10.5. The molecule has 2 aromatic carbocycles. The minimum Gasteiger partial charge on any atom is -0.493 e. The number of esters is 1. The quantitative estimate of drug-likeness (QED) is 0.675. The van der Waals surface area contributed by atoms with Crippen LogP contribution in [-0.4, -0.2) is 39.6 Å². The number of alkyl halides is 3. The van der Waals surface area contributed by atoms with Gasteiger partial charge in [-0.15, -0.1) is 0 Å². The number of carbonyl (C=O) groups is 1. The highest BCUT2D eigenvalue weighted by atomic mass is 19.4. The Morgan fingerprint density at radius 1 is 0.963 bits per heavy atom. The predicted molar refractivity (Wildman–Crippen MR) is 91.5 cm³/mol. The summed E-state index contributed by atoms with van der Waals surface area (Å²) in [5, 5.41) is 0. The Morgan fingerprint density at radius 3 is 1.96 bits per heavy atom. The molecule has 0 fully saturated rings. The van der Waals surface area contributed by atoms with Crippen molar-refractivity contribution >= 4 is 5.97 Å². The lowest BCUT2D eigenvalue weighted by atomic mass is 10.1. The summed E-state index contributed by atoms with van der Waals surface area (Å²) >= 11 is 0. The molecule has 0 aliphatic carbocycles. The van der Waals surface area contributed by atoms with Crippen molar-refractivity contribution in [1.29, 1.82) is 0 Å². The first-order chi connectivity index (χ1) is 12.8. The summed E-state index contributed by atoms with van der Waals surface area (Å²) in [6.07, 6.45) is -7.49. The maximum absolute atomic E-state index is 13.3. The maximum atomic E-state index is 13.3. The summed E-state index contributed by atoms with van der Waals surface area (Å²) in [5.74, 6) is -0.661. The molecule has 0 saturated heterocycles. The van der Waals surface area contributed by atoms with Crippen molar-refractivity contribution in [2.45, 2.75) is 18.7 Å². The van der Waals surface area contributed by atoms with Crippen molar-refractivity contribution in [3.8, 4) is 17.2 Å². The van der Waals surface area contributed by atoms with Gasteiger partial charge in [-0.2, -0.15) is 13.2 Å². The monoisotopic (exact) mass is 384 g/mol. The normalized spacial score (nSPS) is 12.2. The second kappa shape index (κ2) is 8.66. The van der Waals surface area contributed by atoms with Gasteiger partial charge in [0.05, 0.1) is 26.9 Å². The van der Waals surface area contributed by atoms with Gasteiger partial charge in [0, 0.05) is 6.42 Å². The Hall–Kier alpha value is -2.90. The first-order valence-corrected chi connectivity index (χ1v) is 7.91. The highest BCUT2D eigenvalue weighted by Gasteiger charge is 2.43. The highest BCUT2D eigenvalue weighted by molar-refractivity contribution is 5.91. The van der Waals surface area contributed by atoms with Crippen LogP contribution in [0.25, 0.3) is 0 Å². The Balaban J connectivity index is 2.29. The van der Waals surface area contributed by atoms with Crippen LogP contribution in [0.5, 0.6) is 17.2 Å². The molecule has 146 valence electrons. The number of ether oxygens (including phenoxy) is 4. The molecule has 2 rings (SSSR count). The summed E-state index contributed by atoms with van der Waals surface area (Å²) in [6.45, 7) is 0. The molecule has 0 radical (unpaired) electrons. The molecule has 0 aliphatic heterocycles. The molecule has 0 N–H and O–H groups in total. The second-order valence-electron chi connectivity index (χ2n) is 5.54. The molecule has 2 aromatic rings. The molecular weight excluding hydrogens is 365 g/mol. The van der Waals surface area contributed by atoms with Crippen LogP contribution in [0, 0.1) is 0 Å². The molecule has 5 nitrogen and oxygen atoms in total. The molecule has 0 aliphatic rings. The van der Waals surface area contributed by atoms with Crippen molar-refractivity contribution < 1.29 is 36.9 Å². The first kappa shape index (κ1) is 20.4. The van der Waals surface area contributed by atoms with Crippen molar-refractivity contribution in [2.24, 2.45) is 0 Å². The standard InChI is InChI=1S/C19H19F3O5/c1-24-14-10-13(11-15(25-2)17(14)26-3)18(23)27-16(19(20,21)22)9-12-7-5-4-6-8-12/h4-8,10-11,16H,9H2,1-3H3. The number of halogens is 3. The fourth-order valence-corrected chi connectivity index (χ4v) is 2.45. The van der Waals surface area contributed by atoms with Crippen LogP contribution in [0.4, 0.5) is 13.2 Å². The van der Waals surface area contributed by atoms with E-state index in [2.05, 4.69) is 0 Å². The van der Waals surface area contributed by atoms with E-state index in [-0.39, 0.29) is 22.8 Å². The van der Waals surface area contributed by atoms with Gasteiger partial charge in [0.1, 0.15) is 0 Å². The van der Waals surface area contributed by atoms with E-state index in [9.17, 15) is 18.0 Å². The van der Waals surface area contributed by atoms with Crippen LogP contribution in [0.1, 0.15) is 15.9 Å². The van der Waals surface area contributed by atoms with Gasteiger partial charge >= 0.3 is 12.1 Å². The molecule has 1 unspecified atom stereocenters. The fraction of sp³-hybridized carbons (Fsp3) is 0.316. The predicted octanol–water partition coefficient (Wildman–Crippen LogP) is 4.04. The van der Waals surface area contributed by atoms with Crippen molar-refractivity contribution in [3.05, 3.63) is 53.6 Å². The topological polar surface area (TPSA) is 54.0 Å². The van der Waals surface area contributed by atoms with Gasteiger partial charge in [-0.3, -0.25) is 0 Å². The fourth-order valence-electron chi connectivity index (χ4n) is 2.45. The van der Waals surface area contributed by atoms with E-state index < -0.39 is 24.7 Å². The Labute approximate surface area is 154 Å². The second-order valence-corrected chi connectivity index (χ2v) is 5.54. The molecule has 0 aromatic heterocycles. The molecule has 0 heterocycles. The van der Waals surface area contributed by atoms with E-state index in [0.717, 1.165) is 0 Å². The zero-order valence-electron chi connectivity index (χ0n) is 15.0. The number of hydrogen-bond acceptors (Lipinski definition) is 5. The van der Waals surface area contributed by atoms with Gasteiger partial charge in [0.25, 0.3) is 0 Å². The number of hydrogen-bond donors (Lipinski definition) is 0. The van der Waals surface area contributed by atoms with Crippen LogP contribution >= 0.6 is 0 Å². The average molecular weight is 384 g/mol. The van der Waals surface area contributed by atoms with Gasteiger partial charge in [-0.05, 0) is 17.7 Å². The summed E-state index contributed by atoms with van der Waals surface area (Å²) in [5.41, 5.74) is 0.254. The zero-order chi connectivity index (χ0) is 20.0. The van der Waals surface area contributed by atoms with E-state index in [0.29, 0.717) is 5.56 Å². The summed E-state index contributed by atoms with van der Waals surface area (Å²) in [7, 11) is 4.04. The number of benzene rings is 2. The lowest BCUT2D eigenvalue weighted by molar-refractivity contribution is -0.203. The van der Waals surface area contributed by atoms with E-state index >= 15 is 0 Å². The lowest BCUT2D eigenvalue weighted by Gasteiger charge is -2.21. The van der Waals surface area contributed by atoms with Gasteiger partial charge in [0.2, 0.25) is 11.9 Å². The smallest absolute Gasteiger partial charge is 0.425 e. The molecule has 0 bridgehead atoms. The molecule has 27 heavy (non-hydrogen) atoms. The van der Waals surface area contributed by atoms with E-state index in [1.165, 1.54) is 45.6 Å². The van der Waals surface area contributed by atoms with Crippen LogP contribution < -0.4 is 14.2 Å². The van der Waals surface area contributed by atoms with E-state index in [4.69, 9.17) is 18.9 Å². The van der Waals surface area contributed by atoms with E-state index in [1.807, 2.05) is 0 Å². The summed E-state index contributed by atoms with van der Waals surface area (Å²) in [4.78, 5) is 12.4. The third-order valence-corrected chi connectivity index (χ3v) is 3.78. The average Bonchev–Trinajstić information content (AvgIpc) is 2.66. The largest absolute Gasteiger partial charge is 0.493 e. The van der Waals surface area contributed by atoms with Crippen molar-refractivity contribution in [1.82, 2.24) is 0 Å². The minimum atomic E-state index is -4.72. The van der Waals surface area contributed by atoms with Crippen LogP contribution in [0.15, 0.2) is 42.5 Å². The SMILES string of the molecule is COc1cc(C(=O)OC(Cc2ccccc2)C(F)(F)F)cc(OC)c1OC. The molecule has 0 spiro atoms. The zero-order valence-corrected chi connectivity index (χ0v) is 15.0. The van der Waals surface area contributed by atoms with Crippen LogP contribution in [-0.2, 0) is 11.2 Å². The van der Waals surface area contributed by atoms with Crippen molar-refractivity contribution in [2.75, 3.05) is 21.3 Å². The Kier molecular flexibility index (Phi) is 6.55. The van der Waals surface area contributed by atoms with Gasteiger partial charge in [-0.25, -0.2) is 4.79 Å². The number of carbonyl (C=O) groups excluding carboxylic acids is 1. The first-order valence-electron chi connectivity index (χ1n) is 7.91.